The normalized spacial score (nSPS) is 10.3. The number of aromatic nitrogens is 1. The van der Waals surface area contributed by atoms with Gasteiger partial charge in [-0.2, -0.15) is 10.2 Å². The van der Waals surface area contributed by atoms with Gasteiger partial charge in [0.25, 0.3) is 5.89 Å². The van der Waals surface area contributed by atoms with Gasteiger partial charge in [-0.1, -0.05) is 12.1 Å². The highest BCUT2D eigenvalue weighted by atomic mass is 16.5. The van der Waals surface area contributed by atoms with Crippen LogP contribution in [0.15, 0.2) is 51.8 Å². The zero-order valence-electron chi connectivity index (χ0n) is 14.7. The topological polar surface area (TPSA) is 84.2 Å². The molecule has 0 aliphatic rings. The van der Waals surface area contributed by atoms with Gasteiger partial charge in [0.2, 0.25) is 11.6 Å². The number of nitrogens with one attached hydrogen (secondary N) is 1. The molecule has 0 saturated carbocycles. The monoisotopic (exact) mass is 349 g/mol. The fourth-order valence-electron chi connectivity index (χ4n) is 2.31. The number of furan rings is 1. The third-order valence-corrected chi connectivity index (χ3v) is 3.87. The van der Waals surface area contributed by atoms with Gasteiger partial charge >= 0.3 is 0 Å². The molecule has 0 amide bonds. The lowest BCUT2D eigenvalue weighted by Crippen LogP contribution is -1.97. The van der Waals surface area contributed by atoms with Crippen LogP contribution < -0.4 is 10.1 Å². The largest absolute Gasteiger partial charge is 0.486 e. The minimum Gasteiger partial charge on any atom is -0.486 e. The van der Waals surface area contributed by atoms with Crippen molar-refractivity contribution in [1.82, 2.24) is 4.98 Å². The summed E-state index contributed by atoms with van der Waals surface area (Å²) in [5.74, 6) is 2.39. The summed E-state index contributed by atoms with van der Waals surface area (Å²) in [5.41, 5.74) is 2.56. The van der Waals surface area contributed by atoms with E-state index in [1.54, 1.807) is 18.2 Å². The van der Waals surface area contributed by atoms with Crippen LogP contribution in [-0.4, -0.2) is 11.5 Å². The highest BCUT2D eigenvalue weighted by Crippen LogP contribution is 2.27. The van der Waals surface area contributed by atoms with Crippen LogP contribution in [0.1, 0.15) is 22.6 Å². The lowest BCUT2D eigenvalue weighted by Gasteiger charge is -2.06. The smallest absolute Gasteiger partial charge is 0.266 e. The molecular formula is C20H19N3O3. The Morgan fingerprint density at radius 1 is 1.23 bits per heavy atom. The van der Waals surface area contributed by atoms with Crippen molar-refractivity contribution >= 4 is 5.88 Å². The minimum absolute atomic E-state index is 0.172. The zero-order valence-corrected chi connectivity index (χ0v) is 14.7. The van der Waals surface area contributed by atoms with Crippen LogP contribution in [0.3, 0.4) is 0 Å². The lowest BCUT2D eigenvalue weighted by atomic mass is 10.1. The predicted molar refractivity (Wildman–Crippen MR) is 97.9 cm³/mol. The fourth-order valence-corrected chi connectivity index (χ4v) is 2.31. The van der Waals surface area contributed by atoms with Crippen molar-refractivity contribution < 1.29 is 13.6 Å². The molecule has 1 aromatic carbocycles. The minimum atomic E-state index is 0.172. The van der Waals surface area contributed by atoms with Crippen LogP contribution in [0, 0.1) is 25.2 Å². The van der Waals surface area contributed by atoms with E-state index in [0.29, 0.717) is 23.9 Å². The third-order valence-electron chi connectivity index (χ3n) is 3.87. The second kappa shape index (κ2) is 7.62. The first-order valence-corrected chi connectivity index (χ1v) is 8.15. The maximum atomic E-state index is 9.15. The van der Waals surface area contributed by atoms with Gasteiger partial charge in [0.1, 0.15) is 24.2 Å². The highest BCUT2D eigenvalue weighted by Gasteiger charge is 2.17. The summed E-state index contributed by atoms with van der Waals surface area (Å²) in [6.45, 7) is 8.47. The van der Waals surface area contributed by atoms with Crippen LogP contribution >= 0.6 is 0 Å². The number of aryl methyl sites for hydroxylation is 2. The molecule has 0 saturated heterocycles. The highest BCUT2D eigenvalue weighted by molar-refractivity contribution is 5.54. The first kappa shape index (κ1) is 17.4. The Labute approximate surface area is 151 Å². The van der Waals surface area contributed by atoms with E-state index in [4.69, 9.17) is 18.8 Å². The van der Waals surface area contributed by atoms with E-state index in [9.17, 15) is 0 Å². The Balaban J connectivity index is 1.71. The number of rotatable bonds is 7. The summed E-state index contributed by atoms with van der Waals surface area (Å²) in [5, 5.41) is 12.1. The molecule has 0 fully saturated rings. The van der Waals surface area contributed by atoms with Crippen LogP contribution in [0.25, 0.3) is 11.7 Å². The maximum Gasteiger partial charge on any atom is 0.266 e. The molecule has 26 heavy (non-hydrogen) atoms. The average molecular weight is 349 g/mol. The summed E-state index contributed by atoms with van der Waals surface area (Å²) < 4.78 is 17.1. The molecule has 1 N–H and O–H groups in total. The maximum absolute atomic E-state index is 9.15. The molecule has 0 bridgehead atoms. The fraction of sp³-hybridized carbons (Fsp3) is 0.200. The Bertz CT molecular complexity index is 963. The van der Waals surface area contributed by atoms with Gasteiger partial charge in [-0.15, -0.1) is 6.58 Å². The molecule has 0 spiro atoms. The molecule has 0 atom stereocenters. The molecule has 132 valence electrons. The lowest BCUT2D eigenvalue weighted by molar-refractivity contribution is 0.271. The van der Waals surface area contributed by atoms with Crippen molar-refractivity contribution in [1.29, 1.82) is 5.26 Å². The molecule has 6 nitrogen and oxygen atoms in total. The summed E-state index contributed by atoms with van der Waals surface area (Å²) in [6.07, 6.45) is 1.67. The van der Waals surface area contributed by atoms with E-state index in [1.807, 2.05) is 31.2 Å². The van der Waals surface area contributed by atoms with Crippen molar-refractivity contribution in [3.05, 3.63) is 65.6 Å². The quantitative estimate of drug-likeness (QED) is 0.628. The first-order valence-electron chi connectivity index (χ1n) is 8.15. The van der Waals surface area contributed by atoms with Gasteiger partial charge in [0, 0.05) is 6.54 Å². The summed E-state index contributed by atoms with van der Waals surface area (Å²) in [4.78, 5) is 4.15. The number of hydrogen-bond donors (Lipinski definition) is 1. The van der Waals surface area contributed by atoms with Crippen LogP contribution in [0.4, 0.5) is 5.88 Å². The van der Waals surface area contributed by atoms with E-state index in [2.05, 4.69) is 23.8 Å². The van der Waals surface area contributed by atoms with Crippen molar-refractivity contribution in [3.8, 4) is 23.5 Å². The molecule has 2 aromatic heterocycles. The second-order valence-electron chi connectivity index (χ2n) is 5.78. The van der Waals surface area contributed by atoms with Crippen molar-refractivity contribution in [2.45, 2.75) is 20.5 Å². The van der Waals surface area contributed by atoms with Crippen LogP contribution in [-0.2, 0) is 6.61 Å². The van der Waals surface area contributed by atoms with Crippen LogP contribution in [0.5, 0.6) is 5.75 Å². The number of benzene rings is 1. The molecule has 0 radical (unpaired) electrons. The van der Waals surface area contributed by atoms with Gasteiger partial charge in [-0.3, -0.25) is 0 Å². The Morgan fingerprint density at radius 2 is 2.08 bits per heavy atom. The Kier molecular flexibility index (Phi) is 5.09. The van der Waals surface area contributed by atoms with Gasteiger partial charge in [-0.25, -0.2) is 0 Å². The molecule has 3 aromatic rings. The summed E-state index contributed by atoms with van der Waals surface area (Å²) in [7, 11) is 0. The second-order valence-corrected chi connectivity index (χ2v) is 5.78. The third kappa shape index (κ3) is 3.78. The molecule has 6 heteroatoms. The molecule has 3 rings (SSSR count). The summed E-state index contributed by atoms with van der Waals surface area (Å²) in [6, 6.07) is 11.5. The van der Waals surface area contributed by atoms with Crippen molar-refractivity contribution in [2.75, 3.05) is 11.9 Å². The number of anilines is 1. The number of nitriles is 1. The molecule has 0 aliphatic carbocycles. The van der Waals surface area contributed by atoms with Gasteiger partial charge < -0.3 is 18.9 Å². The van der Waals surface area contributed by atoms with E-state index in [-0.39, 0.29) is 18.2 Å². The molecular weight excluding hydrogens is 330 g/mol. The average Bonchev–Trinajstić information content (AvgIpc) is 3.27. The number of nitrogens with zero attached hydrogens (tertiary/aromatic N) is 2. The molecule has 0 unspecified atom stereocenters. The van der Waals surface area contributed by atoms with Crippen molar-refractivity contribution in [3.63, 3.8) is 0 Å². The Morgan fingerprint density at radius 3 is 2.81 bits per heavy atom. The van der Waals surface area contributed by atoms with Crippen LogP contribution in [0.2, 0.25) is 0 Å². The van der Waals surface area contributed by atoms with Gasteiger partial charge in [0.05, 0.1) is 0 Å². The van der Waals surface area contributed by atoms with E-state index in [1.165, 1.54) is 11.1 Å². The Hall–Kier alpha value is -3.46. The standard InChI is InChI=1S/C20H19N3O3/c1-4-9-22-19-17(11-21)23-20(26-19)18-8-7-16(25-18)12-24-15-6-5-13(2)14(3)10-15/h4-8,10,22H,1,9,12H2,2-3H3. The predicted octanol–water partition coefficient (Wildman–Crippen LogP) is 4.60. The number of ether oxygens (including phenoxy) is 1. The molecule has 0 aliphatic heterocycles. The SMILES string of the molecule is C=CCNc1oc(-c2ccc(COc3ccc(C)c(C)c3)o2)nc1C#N. The van der Waals surface area contributed by atoms with E-state index in [0.717, 1.165) is 5.75 Å². The van der Waals surface area contributed by atoms with Crippen molar-refractivity contribution in [2.24, 2.45) is 0 Å². The molecule has 2 heterocycles. The van der Waals surface area contributed by atoms with E-state index < -0.39 is 0 Å². The zero-order chi connectivity index (χ0) is 18.5. The van der Waals surface area contributed by atoms with Gasteiger partial charge in [0.15, 0.2) is 5.76 Å². The number of hydrogen-bond acceptors (Lipinski definition) is 6. The van der Waals surface area contributed by atoms with Gasteiger partial charge in [-0.05, 0) is 49.2 Å². The van der Waals surface area contributed by atoms with E-state index >= 15 is 0 Å². The number of oxazole rings is 1. The first-order chi connectivity index (χ1) is 12.6. The summed E-state index contributed by atoms with van der Waals surface area (Å²) >= 11 is 0.